The zero-order valence-electron chi connectivity index (χ0n) is 12.5. The molecule has 0 amide bonds. The van der Waals surface area contributed by atoms with Crippen molar-refractivity contribution in [1.29, 1.82) is 0 Å². The Hall–Kier alpha value is -0.0400. The highest BCUT2D eigenvalue weighted by Crippen LogP contribution is 2.13. The molecule has 1 unspecified atom stereocenters. The van der Waals surface area contributed by atoms with Crippen molar-refractivity contribution in [3.8, 4) is 0 Å². The van der Waals surface area contributed by atoms with Gasteiger partial charge in [0.1, 0.15) is 0 Å². The Morgan fingerprint density at radius 2 is 2.00 bits per heavy atom. The van der Waals surface area contributed by atoms with Crippen LogP contribution >= 0.6 is 24.0 Å². The first-order chi connectivity index (χ1) is 8.74. The fourth-order valence-corrected chi connectivity index (χ4v) is 2.36. The molecular weight excluding hydrogens is 351 g/mol. The summed E-state index contributed by atoms with van der Waals surface area (Å²) >= 11 is 0. The molecule has 1 aliphatic heterocycles. The predicted octanol–water partition coefficient (Wildman–Crippen LogP) is 2.57. The van der Waals surface area contributed by atoms with Gasteiger partial charge in [-0.1, -0.05) is 19.8 Å². The Bertz CT molecular complexity index is 240. The summed E-state index contributed by atoms with van der Waals surface area (Å²) < 4.78 is 0. The van der Waals surface area contributed by atoms with Crippen molar-refractivity contribution in [2.24, 2.45) is 10.7 Å². The summed E-state index contributed by atoms with van der Waals surface area (Å²) in [4.78, 5) is 6.89. The number of guanidine groups is 1. The minimum atomic E-state index is 0. The number of halogens is 1. The van der Waals surface area contributed by atoms with E-state index in [1.54, 1.807) is 0 Å². The average molecular weight is 382 g/mol. The van der Waals surface area contributed by atoms with Gasteiger partial charge in [-0.2, -0.15) is 0 Å². The summed E-state index contributed by atoms with van der Waals surface area (Å²) in [6.07, 6.45) is 7.55. The lowest BCUT2D eigenvalue weighted by Crippen LogP contribution is -2.40. The molecular formula is C14H31IN4. The molecule has 1 fully saturated rings. The van der Waals surface area contributed by atoms with Gasteiger partial charge in [0.05, 0.1) is 0 Å². The summed E-state index contributed by atoms with van der Waals surface area (Å²) in [5, 5.41) is 3.21. The van der Waals surface area contributed by atoms with E-state index in [0.717, 1.165) is 25.9 Å². The minimum Gasteiger partial charge on any atom is -0.370 e. The van der Waals surface area contributed by atoms with Gasteiger partial charge in [0.2, 0.25) is 0 Å². The Morgan fingerprint density at radius 1 is 1.32 bits per heavy atom. The molecule has 0 bridgehead atoms. The molecule has 0 aliphatic carbocycles. The molecule has 1 saturated heterocycles. The van der Waals surface area contributed by atoms with Crippen LogP contribution in [0.2, 0.25) is 0 Å². The van der Waals surface area contributed by atoms with Crippen LogP contribution < -0.4 is 11.1 Å². The van der Waals surface area contributed by atoms with E-state index in [9.17, 15) is 0 Å². The molecule has 19 heavy (non-hydrogen) atoms. The highest BCUT2D eigenvalue weighted by molar-refractivity contribution is 14.0. The van der Waals surface area contributed by atoms with Crippen LogP contribution in [-0.4, -0.2) is 43.1 Å². The maximum Gasteiger partial charge on any atom is 0.188 e. The molecule has 0 radical (unpaired) electrons. The maximum absolute atomic E-state index is 5.80. The third-order valence-corrected chi connectivity index (χ3v) is 3.68. The summed E-state index contributed by atoms with van der Waals surface area (Å²) in [5.74, 6) is 0.606. The molecule has 0 aromatic carbocycles. The van der Waals surface area contributed by atoms with Gasteiger partial charge in [-0.25, -0.2) is 0 Å². The first-order valence-corrected chi connectivity index (χ1v) is 7.52. The van der Waals surface area contributed by atoms with E-state index in [-0.39, 0.29) is 24.0 Å². The second-order valence-corrected chi connectivity index (χ2v) is 5.28. The zero-order valence-corrected chi connectivity index (χ0v) is 14.9. The Balaban J connectivity index is 0.00000324. The third kappa shape index (κ3) is 8.68. The van der Waals surface area contributed by atoms with Crippen LogP contribution in [-0.2, 0) is 0 Å². The van der Waals surface area contributed by atoms with Crippen molar-refractivity contribution in [1.82, 2.24) is 10.2 Å². The number of nitrogens with one attached hydrogen (secondary N) is 1. The monoisotopic (exact) mass is 382 g/mol. The van der Waals surface area contributed by atoms with Gasteiger partial charge in [-0.05, 0) is 45.7 Å². The number of aliphatic imine (C=N–C) groups is 1. The van der Waals surface area contributed by atoms with Gasteiger partial charge < -0.3 is 16.0 Å². The number of piperidine rings is 1. The molecule has 3 N–H and O–H groups in total. The van der Waals surface area contributed by atoms with Crippen LogP contribution in [0.3, 0.4) is 0 Å². The summed E-state index contributed by atoms with van der Waals surface area (Å²) in [5.41, 5.74) is 5.80. The lowest BCUT2D eigenvalue weighted by atomic mass is 10.1. The molecule has 0 spiro atoms. The Morgan fingerprint density at radius 3 is 2.63 bits per heavy atom. The van der Waals surface area contributed by atoms with Crippen LogP contribution in [0.4, 0.5) is 0 Å². The highest BCUT2D eigenvalue weighted by Gasteiger charge is 2.15. The van der Waals surface area contributed by atoms with Gasteiger partial charge in [0.15, 0.2) is 5.96 Å². The average Bonchev–Trinajstić information content (AvgIpc) is 2.40. The molecule has 1 aliphatic rings. The molecule has 0 aromatic heterocycles. The van der Waals surface area contributed by atoms with E-state index >= 15 is 0 Å². The lowest BCUT2D eigenvalue weighted by Gasteiger charge is -2.32. The van der Waals surface area contributed by atoms with E-state index in [1.807, 2.05) is 0 Å². The quantitative estimate of drug-likeness (QED) is 0.308. The fraction of sp³-hybridized carbons (Fsp3) is 0.929. The second kappa shape index (κ2) is 11.8. The van der Waals surface area contributed by atoms with Crippen molar-refractivity contribution in [3.63, 3.8) is 0 Å². The van der Waals surface area contributed by atoms with Crippen LogP contribution in [0.1, 0.15) is 52.4 Å². The summed E-state index contributed by atoms with van der Waals surface area (Å²) in [6, 6.07) is 0.654. The standard InChI is InChI=1S/C14H30N4.HI/c1-3-4-9-16-14(15)17-10-8-13(2)18-11-6-5-7-12-18;/h13H,3-12H2,1-2H3,(H3,15,16,17);1H. The number of nitrogens with two attached hydrogens (primary N) is 1. The predicted molar refractivity (Wildman–Crippen MR) is 94.3 cm³/mol. The Labute approximate surface area is 135 Å². The molecule has 0 aromatic rings. The number of hydrogen-bond acceptors (Lipinski definition) is 2. The Kier molecular flexibility index (Phi) is 11.7. The van der Waals surface area contributed by atoms with E-state index in [0.29, 0.717) is 12.0 Å². The minimum absolute atomic E-state index is 0. The SMILES string of the molecule is CCCCN=C(N)NCCC(C)N1CCCCC1.I. The van der Waals surface area contributed by atoms with Gasteiger partial charge in [-0.3, -0.25) is 4.99 Å². The van der Waals surface area contributed by atoms with Crippen molar-refractivity contribution in [2.75, 3.05) is 26.2 Å². The van der Waals surface area contributed by atoms with Crippen LogP contribution in [0, 0.1) is 0 Å². The largest absolute Gasteiger partial charge is 0.370 e. The van der Waals surface area contributed by atoms with E-state index in [2.05, 4.69) is 29.1 Å². The topological polar surface area (TPSA) is 53.6 Å². The number of rotatable bonds is 7. The van der Waals surface area contributed by atoms with Crippen molar-refractivity contribution in [2.45, 2.75) is 58.4 Å². The van der Waals surface area contributed by atoms with E-state index in [1.165, 1.54) is 38.8 Å². The number of hydrogen-bond donors (Lipinski definition) is 2. The van der Waals surface area contributed by atoms with Gasteiger partial charge >= 0.3 is 0 Å². The van der Waals surface area contributed by atoms with Crippen LogP contribution in [0.5, 0.6) is 0 Å². The summed E-state index contributed by atoms with van der Waals surface area (Å²) in [6.45, 7) is 8.79. The highest BCUT2D eigenvalue weighted by atomic mass is 127. The molecule has 4 nitrogen and oxygen atoms in total. The van der Waals surface area contributed by atoms with Gasteiger partial charge in [0, 0.05) is 19.1 Å². The number of likely N-dealkylation sites (tertiary alicyclic amines) is 1. The lowest BCUT2D eigenvalue weighted by molar-refractivity contribution is 0.167. The van der Waals surface area contributed by atoms with Crippen LogP contribution in [0.25, 0.3) is 0 Å². The molecule has 0 saturated carbocycles. The van der Waals surface area contributed by atoms with Crippen molar-refractivity contribution < 1.29 is 0 Å². The van der Waals surface area contributed by atoms with Crippen LogP contribution in [0.15, 0.2) is 4.99 Å². The molecule has 5 heteroatoms. The normalized spacial score (nSPS) is 18.7. The first-order valence-electron chi connectivity index (χ1n) is 7.52. The summed E-state index contributed by atoms with van der Waals surface area (Å²) in [7, 11) is 0. The van der Waals surface area contributed by atoms with E-state index < -0.39 is 0 Å². The van der Waals surface area contributed by atoms with E-state index in [4.69, 9.17) is 5.73 Å². The fourth-order valence-electron chi connectivity index (χ4n) is 2.36. The first kappa shape index (κ1) is 19.0. The second-order valence-electron chi connectivity index (χ2n) is 5.28. The smallest absolute Gasteiger partial charge is 0.188 e. The molecule has 1 heterocycles. The molecule has 1 rings (SSSR count). The third-order valence-electron chi connectivity index (χ3n) is 3.68. The zero-order chi connectivity index (χ0) is 13.2. The van der Waals surface area contributed by atoms with Gasteiger partial charge in [-0.15, -0.1) is 24.0 Å². The molecule has 114 valence electrons. The maximum atomic E-state index is 5.80. The number of unbranched alkanes of at least 4 members (excludes halogenated alkanes) is 1. The van der Waals surface area contributed by atoms with Gasteiger partial charge in [0.25, 0.3) is 0 Å². The van der Waals surface area contributed by atoms with Crippen molar-refractivity contribution in [3.05, 3.63) is 0 Å². The van der Waals surface area contributed by atoms with Crippen molar-refractivity contribution >= 4 is 29.9 Å². The number of nitrogens with zero attached hydrogens (tertiary/aromatic N) is 2. The molecule has 1 atom stereocenters.